The Morgan fingerprint density at radius 3 is 2.22 bits per heavy atom. The van der Waals surface area contributed by atoms with Crippen LogP contribution < -0.4 is 27.4 Å². The second-order valence-electron chi connectivity index (χ2n) is 8.94. The molecule has 0 spiro atoms. The lowest BCUT2D eigenvalue weighted by molar-refractivity contribution is -0.142. The average Bonchev–Trinajstić information content (AvgIpc) is 3.27. The number of thioether (sulfide) groups is 1. The highest BCUT2D eigenvalue weighted by molar-refractivity contribution is 7.98. The highest BCUT2D eigenvalue weighted by Crippen LogP contribution is 2.19. The molecule has 4 atom stereocenters. The van der Waals surface area contributed by atoms with Crippen molar-refractivity contribution in [3.63, 3.8) is 0 Å². The van der Waals surface area contributed by atoms with Gasteiger partial charge in [0.05, 0.1) is 6.04 Å². The summed E-state index contributed by atoms with van der Waals surface area (Å²) in [6.07, 6.45) is 5.55. The van der Waals surface area contributed by atoms with Gasteiger partial charge in [-0.2, -0.15) is 11.8 Å². The first-order chi connectivity index (χ1) is 17.7. The summed E-state index contributed by atoms with van der Waals surface area (Å²) < 4.78 is 0. The lowest BCUT2D eigenvalue weighted by Crippen LogP contribution is -2.57. The summed E-state index contributed by atoms with van der Waals surface area (Å²) in [4.78, 5) is 53.5. The van der Waals surface area contributed by atoms with Crippen LogP contribution in [0.25, 0.3) is 10.9 Å². The second kappa shape index (κ2) is 15.2. The first-order valence-corrected chi connectivity index (χ1v) is 13.7. The number of carboxylic acids is 1. The van der Waals surface area contributed by atoms with Crippen LogP contribution in [0.5, 0.6) is 0 Å². The van der Waals surface area contributed by atoms with E-state index >= 15 is 0 Å². The number of hydrogen-bond acceptors (Lipinski definition) is 7. The monoisotopic (exact) mass is 534 g/mol. The van der Waals surface area contributed by atoms with Gasteiger partial charge in [0.2, 0.25) is 17.7 Å². The van der Waals surface area contributed by atoms with Crippen molar-refractivity contribution in [3.05, 3.63) is 36.0 Å². The third-order valence-electron chi connectivity index (χ3n) is 5.95. The molecule has 0 fully saturated rings. The number of aliphatic carboxylic acids is 1. The number of hydrogen-bond donors (Lipinski definition) is 7. The average molecular weight is 535 g/mol. The van der Waals surface area contributed by atoms with Crippen molar-refractivity contribution in [2.45, 2.75) is 63.2 Å². The van der Waals surface area contributed by atoms with Crippen LogP contribution in [0.4, 0.5) is 0 Å². The Kier molecular flexibility index (Phi) is 12.4. The van der Waals surface area contributed by atoms with Gasteiger partial charge in [0.25, 0.3) is 0 Å². The molecule has 0 aliphatic carbocycles. The fraction of sp³-hybridized carbons (Fsp3) is 0.520. The number of carbonyl (C=O) groups is 4. The van der Waals surface area contributed by atoms with E-state index in [0.29, 0.717) is 31.6 Å². The minimum Gasteiger partial charge on any atom is -0.480 e. The summed E-state index contributed by atoms with van der Waals surface area (Å²) in [6, 6.07) is 3.62. The van der Waals surface area contributed by atoms with Gasteiger partial charge in [-0.15, -0.1) is 0 Å². The molecule has 3 amide bonds. The number of carboxylic acid groups (broad SMARTS) is 1. The van der Waals surface area contributed by atoms with Crippen LogP contribution in [-0.4, -0.2) is 76.5 Å². The fourth-order valence-corrected chi connectivity index (χ4v) is 4.31. The molecule has 9 N–H and O–H groups in total. The Balaban J connectivity index is 2.15. The van der Waals surface area contributed by atoms with Crippen LogP contribution >= 0.6 is 11.8 Å². The molecule has 2 aromatic rings. The van der Waals surface area contributed by atoms with Crippen LogP contribution in [0.3, 0.4) is 0 Å². The molecular weight excluding hydrogens is 496 g/mol. The van der Waals surface area contributed by atoms with Gasteiger partial charge < -0.3 is 37.5 Å². The normalized spacial score (nSPS) is 14.4. The summed E-state index contributed by atoms with van der Waals surface area (Å²) in [5, 5.41) is 18.6. The highest BCUT2D eigenvalue weighted by Gasteiger charge is 2.30. The van der Waals surface area contributed by atoms with Gasteiger partial charge in [-0.1, -0.05) is 18.2 Å². The van der Waals surface area contributed by atoms with E-state index in [1.54, 1.807) is 6.20 Å². The molecule has 204 valence electrons. The predicted octanol–water partition coefficient (Wildman–Crippen LogP) is 0.479. The number of unbranched alkanes of at least 4 members (excludes halogenated alkanes) is 1. The summed E-state index contributed by atoms with van der Waals surface area (Å²) in [5.74, 6) is -2.24. The molecule has 0 bridgehead atoms. The van der Waals surface area contributed by atoms with Gasteiger partial charge in [-0.3, -0.25) is 14.4 Å². The van der Waals surface area contributed by atoms with Crippen LogP contribution in [0.2, 0.25) is 0 Å². The number of amides is 3. The molecule has 0 aliphatic heterocycles. The molecule has 0 radical (unpaired) electrons. The molecule has 1 heterocycles. The quantitative estimate of drug-likeness (QED) is 0.151. The minimum absolute atomic E-state index is 0.0699. The van der Waals surface area contributed by atoms with Crippen LogP contribution in [0.1, 0.15) is 38.2 Å². The van der Waals surface area contributed by atoms with Crippen molar-refractivity contribution in [3.8, 4) is 0 Å². The van der Waals surface area contributed by atoms with Crippen LogP contribution in [0, 0.1) is 0 Å². The molecule has 0 aliphatic rings. The topological polar surface area (TPSA) is 192 Å². The number of carbonyl (C=O) groups excluding carboxylic acids is 3. The molecular formula is C25H38N6O5S. The third-order valence-corrected chi connectivity index (χ3v) is 6.59. The van der Waals surface area contributed by atoms with E-state index in [2.05, 4.69) is 20.9 Å². The maximum atomic E-state index is 13.2. The summed E-state index contributed by atoms with van der Waals surface area (Å²) in [6.45, 7) is 1.96. The standard InChI is InChI=1S/C25H38N6O5S/c1-15(27)22(32)29-19(9-5-6-11-26)23(33)30-20(10-12-37-2)24(34)31-21(25(35)36)13-16-14-28-18-8-4-3-7-17(16)18/h3-4,7-8,14-15,19-21,28H,5-6,9-13,26-27H2,1-2H3,(H,29,32)(H,30,33)(H,31,34)(H,35,36). The van der Waals surface area contributed by atoms with E-state index < -0.39 is 47.9 Å². The van der Waals surface area contributed by atoms with Gasteiger partial charge in [-0.05, 0) is 62.8 Å². The van der Waals surface area contributed by atoms with E-state index in [9.17, 15) is 24.3 Å². The summed E-state index contributed by atoms with van der Waals surface area (Å²) in [5.41, 5.74) is 12.8. The number of fused-ring (bicyclic) bond motifs is 1. The number of aromatic amines is 1. The fourth-order valence-electron chi connectivity index (χ4n) is 3.83. The Bertz CT molecular complexity index is 1060. The zero-order valence-corrected chi connectivity index (χ0v) is 22.1. The van der Waals surface area contributed by atoms with Crippen molar-refractivity contribution in [2.75, 3.05) is 18.6 Å². The van der Waals surface area contributed by atoms with Gasteiger partial charge in [0, 0.05) is 23.5 Å². The van der Waals surface area contributed by atoms with E-state index in [-0.39, 0.29) is 12.8 Å². The first-order valence-electron chi connectivity index (χ1n) is 12.3. The SMILES string of the molecule is CSCCC(NC(=O)C(CCCCN)NC(=O)C(C)N)C(=O)NC(Cc1c[nH]c2ccccc12)C(=O)O. The van der Waals surface area contributed by atoms with Crippen molar-refractivity contribution in [1.82, 2.24) is 20.9 Å². The van der Waals surface area contributed by atoms with Gasteiger partial charge in [-0.25, -0.2) is 4.79 Å². The van der Waals surface area contributed by atoms with E-state index in [0.717, 1.165) is 16.5 Å². The van der Waals surface area contributed by atoms with E-state index in [1.165, 1.54) is 18.7 Å². The molecule has 12 heteroatoms. The maximum Gasteiger partial charge on any atom is 0.326 e. The predicted molar refractivity (Wildman–Crippen MR) is 145 cm³/mol. The van der Waals surface area contributed by atoms with Crippen molar-refractivity contribution in [1.29, 1.82) is 0 Å². The Hall–Kier alpha value is -3.09. The molecule has 1 aromatic heterocycles. The third kappa shape index (κ3) is 9.38. The lowest BCUT2D eigenvalue weighted by Gasteiger charge is -2.25. The Morgan fingerprint density at radius 2 is 1.59 bits per heavy atom. The van der Waals surface area contributed by atoms with Crippen molar-refractivity contribution < 1.29 is 24.3 Å². The number of aromatic nitrogens is 1. The summed E-state index contributed by atoms with van der Waals surface area (Å²) in [7, 11) is 0. The van der Waals surface area contributed by atoms with Crippen LogP contribution in [0.15, 0.2) is 30.5 Å². The molecule has 0 saturated heterocycles. The first kappa shape index (κ1) is 30.1. The lowest BCUT2D eigenvalue weighted by atomic mass is 10.0. The number of para-hydroxylation sites is 1. The molecule has 1 aromatic carbocycles. The second-order valence-corrected chi connectivity index (χ2v) is 9.93. The Labute approximate surface area is 220 Å². The highest BCUT2D eigenvalue weighted by atomic mass is 32.2. The largest absolute Gasteiger partial charge is 0.480 e. The van der Waals surface area contributed by atoms with E-state index in [4.69, 9.17) is 11.5 Å². The van der Waals surface area contributed by atoms with E-state index in [1.807, 2.05) is 30.5 Å². The number of benzene rings is 1. The number of rotatable bonds is 16. The van der Waals surface area contributed by atoms with Gasteiger partial charge >= 0.3 is 5.97 Å². The molecule has 0 saturated carbocycles. The smallest absolute Gasteiger partial charge is 0.326 e. The molecule has 11 nitrogen and oxygen atoms in total. The van der Waals surface area contributed by atoms with Crippen LogP contribution in [-0.2, 0) is 25.6 Å². The van der Waals surface area contributed by atoms with Crippen molar-refractivity contribution in [2.24, 2.45) is 11.5 Å². The minimum atomic E-state index is -1.20. The summed E-state index contributed by atoms with van der Waals surface area (Å²) >= 11 is 1.49. The molecule has 2 rings (SSSR count). The van der Waals surface area contributed by atoms with Gasteiger partial charge in [0.15, 0.2) is 0 Å². The number of nitrogens with one attached hydrogen (secondary N) is 4. The maximum absolute atomic E-state index is 13.2. The number of H-pyrrole nitrogens is 1. The molecule has 4 unspecified atom stereocenters. The zero-order valence-electron chi connectivity index (χ0n) is 21.3. The zero-order chi connectivity index (χ0) is 27.4. The number of nitrogens with two attached hydrogens (primary N) is 2. The Morgan fingerprint density at radius 1 is 0.973 bits per heavy atom. The van der Waals surface area contributed by atoms with Crippen molar-refractivity contribution >= 4 is 46.4 Å². The molecule has 37 heavy (non-hydrogen) atoms. The van der Waals surface area contributed by atoms with Gasteiger partial charge in [0.1, 0.15) is 18.1 Å².